The van der Waals surface area contributed by atoms with Crippen molar-refractivity contribution in [1.29, 1.82) is 0 Å². The van der Waals surface area contributed by atoms with E-state index in [4.69, 9.17) is 0 Å². The van der Waals surface area contributed by atoms with Gasteiger partial charge >= 0.3 is 5.97 Å². The van der Waals surface area contributed by atoms with Crippen molar-refractivity contribution in [2.45, 2.75) is 12.3 Å². The summed E-state index contributed by atoms with van der Waals surface area (Å²) in [5.74, 6) is -0.963. The molecule has 0 amide bonds. The first-order valence-corrected chi connectivity index (χ1v) is 5.22. The van der Waals surface area contributed by atoms with Gasteiger partial charge in [-0.15, -0.1) is 0 Å². The Bertz CT molecular complexity index is 472. The van der Waals surface area contributed by atoms with Gasteiger partial charge in [-0.2, -0.15) is 0 Å². The Kier molecular flexibility index (Phi) is 2.87. The van der Waals surface area contributed by atoms with E-state index >= 15 is 0 Å². The Labute approximate surface area is 99.0 Å². The van der Waals surface area contributed by atoms with Gasteiger partial charge in [-0.05, 0) is 31.2 Å². The average Bonchev–Trinajstić information content (AvgIpc) is 2.39. The topological polar surface area (TPSA) is 63.1 Å². The maximum Gasteiger partial charge on any atom is 0.321 e. The summed E-state index contributed by atoms with van der Waals surface area (Å²) in [5, 5.41) is 9.46. The Balaban J connectivity index is 2.59. The van der Waals surface area contributed by atoms with Crippen LogP contribution in [-0.2, 0) is 10.2 Å². The minimum Gasteiger partial charge on any atom is -0.480 e. The maximum absolute atomic E-state index is 11.5. The van der Waals surface area contributed by atoms with Gasteiger partial charge in [0.2, 0.25) is 0 Å². The van der Waals surface area contributed by atoms with Crippen molar-refractivity contribution in [3.63, 3.8) is 0 Å². The van der Waals surface area contributed by atoms with Gasteiger partial charge in [-0.1, -0.05) is 12.1 Å². The Hall–Kier alpha value is -2.23. The number of hydrogen-bond donors (Lipinski definition) is 1. The second kappa shape index (κ2) is 4.33. The summed E-state index contributed by atoms with van der Waals surface area (Å²) in [6.45, 7) is 1.61. The third kappa shape index (κ3) is 1.89. The fraction of sp³-hybridized carbons (Fsp3) is 0.154. The standard InChI is InChI=1S/C13H12N2O2/c1-13(12(16)17,10-6-2-4-8-14-10)11-7-3-5-9-15-11/h2-9H,1H3,(H,16,17). The molecule has 0 saturated heterocycles. The third-order valence-electron chi connectivity index (χ3n) is 2.78. The molecule has 0 aromatic carbocycles. The molecular formula is C13H12N2O2. The van der Waals surface area contributed by atoms with Crippen molar-refractivity contribution in [2.75, 3.05) is 0 Å². The number of aliphatic carboxylic acids is 1. The van der Waals surface area contributed by atoms with Crippen LogP contribution in [0.15, 0.2) is 48.8 Å². The molecule has 0 aliphatic carbocycles. The smallest absolute Gasteiger partial charge is 0.321 e. The third-order valence-corrected chi connectivity index (χ3v) is 2.78. The zero-order valence-corrected chi connectivity index (χ0v) is 9.37. The predicted molar refractivity (Wildman–Crippen MR) is 62.6 cm³/mol. The van der Waals surface area contributed by atoms with Gasteiger partial charge in [0.05, 0.1) is 11.4 Å². The van der Waals surface area contributed by atoms with Gasteiger partial charge in [-0.3, -0.25) is 14.8 Å². The molecule has 2 aromatic heterocycles. The molecule has 0 unspecified atom stereocenters. The second-order valence-electron chi connectivity index (χ2n) is 3.86. The van der Waals surface area contributed by atoms with Crippen LogP contribution in [0, 0.1) is 0 Å². The van der Waals surface area contributed by atoms with Crippen LogP contribution in [0.1, 0.15) is 18.3 Å². The van der Waals surface area contributed by atoms with Crippen molar-refractivity contribution in [1.82, 2.24) is 9.97 Å². The quantitative estimate of drug-likeness (QED) is 0.871. The maximum atomic E-state index is 11.5. The van der Waals surface area contributed by atoms with Crippen molar-refractivity contribution >= 4 is 5.97 Å². The first-order valence-electron chi connectivity index (χ1n) is 5.22. The van der Waals surface area contributed by atoms with Gasteiger partial charge in [0.15, 0.2) is 0 Å². The Morgan fingerprint density at radius 3 is 1.82 bits per heavy atom. The zero-order valence-electron chi connectivity index (χ0n) is 9.37. The number of hydrogen-bond acceptors (Lipinski definition) is 3. The second-order valence-corrected chi connectivity index (χ2v) is 3.86. The van der Waals surface area contributed by atoms with E-state index in [9.17, 15) is 9.90 Å². The van der Waals surface area contributed by atoms with Gasteiger partial charge < -0.3 is 5.11 Å². The molecule has 2 aromatic rings. The van der Waals surface area contributed by atoms with Crippen LogP contribution in [0.2, 0.25) is 0 Å². The van der Waals surface area contributed by atoms with Crippen LogP contribution in [0.25, 0.3) is 0 Å². The predicted octanol–water partition coefficient (Wildman–Crippen LogP) is 1.87. The lowest BCUT2D eigenvalue weighted by Crippen LogP contribution is -2.35. The van der Waals surface area contributed by atoms with Crippen molar-refractivity contribution in [2.24, 2.45) is 0 Å². The number of rotatable bonds is 3. The van der Waals surface area contributed by atoms with E-state index in [-0.39, 0.29) is 0 Å². The number of pyridine rings is 2. The van der Waals surface area contributed by atoms with Crippen LogP contribution in [-0.4, -0.2) is 21.0 Å². The first kappa shape index (κ1) is 11.3. The molecule has 0 fully saturated rings. The van der Waals surface area contributed by atoms with E-state index in [1.807, 2.05) is 0 Å². The fourth-order valence-corrected chi connectivity index (χ4v) is 1.67. The van der Waals surface area contributed by atoms with Crippen molar-refractivity contribution < 1.29 is 9.90 Å². The normalized spacial score (nSPS) is 11.1. The molecule has 4 heteroatoms. The van der Waals surface area contributed by atoms with Crippen LogP contribution in [0.3, 0.4) is 0 Å². The van der Waals surface area contributed by atoms with Gasteiger partial charge in [0.25, 0.3) is 0 Å². The SMILES string of the molecule is CC(C(=O)O)(c1ccccn1)c1ccccn1. The van der Waals surface area contributed by atoms with Gasteiger partial charge in [-0.25, -0.2) is 0 Å². The average molecular weight is 228 g/mol. The molecule has 17 heavy (non-hydrogen) atoms. The van der Waals surface area contributed by atoms with E-state index in [0.717, 1.165) is 0 Å². The molecular weight excluding hydrogens is 216 g/mol. The molecule has 0 bridgehead atoms. The van der Waals surface area contributed by atoms with E-state index in [2.05, 4.69) is 9.97 Å². The highest BCUT2D eigenvalue weighted by atomic mass is 16.4. The molecule has 86 valence electrons. The molecule has 4 nitrogen and oxygen atoms in total. The van der Waals surface area contributed by atoms with Gasteiger partial charge in [0.1, 0.15) is 5.41 Å². The van der Waals surface area contributed by atoms with E-state index in [1.165, 1.54) is 0 Å². The van der Waals surface area contributed by atoms with E-state index in [0.29, 0.717) is 11.4 Å². The lowest BCUT2D eigenvalue weighted by atomic mass is 9.82. The zero-order chi connectivity index (χ0) is 12.3. The van der Waals surface area contributed by atoms with Crippen LogP contribution in [0.5, 0.6) is 0 Å². The first-order chi connectivity index (χ1) is 8.15. The lowest BCUT2D eigenvalue weighted by molar-refractivity contribution is -0.141. The molecule has 0 aliphatic rings. The monoisotopic (exact) mass is 228 g/mol. The van der Waals surface area contributed by atoms with Crippen LogP contribution in [0.4, 0.5) is 0 Å². The highest BCUT2D eigenvalue weighted by Crippen LogP contribution is 2.29. The highest BCUT2D eigenvalue weighted by Gasteiger charge is 2.39. The summed E-state index contributed by atoms with van der Waals surface area (Å²) in [4.78, 5) is 19.8. The van der Waals surface area contributed by atoms with Crippen molar-refractivity contribution in [3.05, 3.63) is 60.2 Å². The van der Waals surface area contributed by atoms with Crippen molar-refractivity contribution in [3.8, 4) is 0 Å². The fourth-order valence-electron chi connectivity index (χ4n) is 1.67. The lowest BCUT2D eigenvalue weighted by Gasteiger charge is -2.23. The number of nitrogens with zero attached hydrogens (tertiary/aromatic N) is 2. The molecule has 0 aliphatic heterocycles. The summed E-state index contributed by atoms with van der Waals surface area (Å²) < 4.78 is 0. The minimum atomic E-state index is -1.22. The van der Waals surface area contributed by atoms with E-state index < -0.39 is 11.4 Å². The summed E-state index contributed by atoms with van der Waals surface area (Å²) >= 11 is 0. The molecule has 0 saturated carbocycles. The van der Waals surface area contributed by atoms with Crippen LogP contribution >= 0.6 is 0 Å². The molecule has 0 radical (unpaired) electrons. The van der Waals surface area contributed by atoms with Gasteiger partial charge in [0, 0.05) is 12.4 Å². The summed E-state index contributed by atoms with van der Waals surface area (Å²) in [5.41, 5.74) is -0.264. The molecule has 0 atom stereocenters. The Morgan fingerprint density at radius 2 is 1.53 bits per heavy atom. The Morgan fingerprint density at radius 1 is 1.06 bits per heavy atom. The number of aromatic nitrogens is 2. The summed E-state index contributed by atoms with van der Waals surface area (Å²) in [6.07, 6.45) is 3.17. The highest BCUT2D eigenvalue weighted by molar-refractivity contribution is 5.84. The molecule has 0 spiro atoms. The van der Waals surface area contributed by atoms with Crippen LogP contribution < -0.4 is 0 Å². The molecule has 1 N–H and O–H groups in total. The largest absolute Gasteiger partial charge is 0.480 e. The number of carboxylic acids is 1. The number of carbonyl (C=O) groups is 1. The summed E-state index contributed by atoms with van der Waals surface area (Å²) in [7, 11) is 0. The summed E-state index contributed by atoms with van der Waals surface area (Å²) in [6, 6.07) is 10.4. The van der Waals surface area contributed by atoms with E-state index in [1.54, 1.807) is 55.7 Å². The minimum absolute atomic E-state index is 0.478. The molecule has 2 rings (SSSR count). The molecule has 2 heterocycles. The number of carboxylic acid groups (broad SMARTS) is 1.